The monoisotopic (exact) mass is 329 g/mol. The lowest BCUT2D eigenvalue weighted by molar-refractivity contribution is 0.0997. The third kappa shape index (κ3) is 2.91. The van der Waals surface area contributed by atoms with Gasteiger partial charge in [0.15, 0.2) is 16.8 Å². The Kier molecular flexibility index (Phi) is 3.80. The number of aryl methyl sites for hydroxylation is 1. The van der Waals surface area contributed by atoms with E-state index in [0.29, 0.717) is 16.6 Å². The molecule has 0 spiro atoms. The van der Waals surface area contributed by atoms with Crippen LogP contribution >= 0.6 is 11.6 Å². The lowest BCUT2D eigenvalue weighted by Gasteiger charge is -2.09. The number of fused-ring (bicyclic) bond motifs is 1. The number of anilines is 1. The van der Waals surface area contributed by atoms with E-state index in [1.807, 2.05) is 0 Å². The number of rotatable bonds is 2. The Morgan fingerprint density at radius 2 is 2.00 bits per heavy atom. The van der Waals surface area contributed by atoms with Crippen molar-refractivity contribution in [1.82, 2.24) is 0 Å². The van der Waals surface area contributed by atoms with Crippen LogP contribution in [0.15, 0.2) is 51.7 Å². The van der Waals surface area contributed by atoms with Crippen molar-refractivity contribution in [2.45, 2.75) is 6.92 Å². The Morgan fingerprint density at radius 3 is 2.74 bits per heavy atom. The van der Waals surface area contributed by atoms with Gasteiger partial charge in [0.05, 0.1) is 10.4 Å². The number of carbonyl (C=O) groups excluding carboxylic acids is 1. The summed E-state index contributed by atoms with van der Waals surface area (Å²) in [5, 5.41) is 12.6. The summed E-state index contributed by atoms with van der Waals surface area (Å²) < 4.78 is 5.48. The van der Waals surface area contributed by atoms with E-state index in [1.54, 1.807) is 31.2 Å². The third-order valence-corrected chi connectivity index (χ3v) is 3.69. The number of phenolic OH excluding ortho intramolecular Hbond substituents is 1. The molecule has 0 radical (unpaired) electrons. The second kappa shape index (κ2) is 5.78. The minimum absolute atomic E-state index is 0.101. The number of phenols is 1. The molecule has 0 saturated carbocycles. The molecule has 0 aliphatic heterocycles. The minimum Gasteiger partial charge on any atom is -0.508 e. The first kappa shape index (κ1) is 15.1. The normalized spacial score (nSPS) is 10.7. The van der Waals surface area contributed by atoms with Crippen LogP contribution in [0.5, 0.6) is 5.75 Å². The highest BCUT2D eigenvalue weighted by atomic mass is 35.5. The van der Waals surface area contributed by atoms with E-state index in [1.165, 1.54) is 12.1 Å². The van der Waals surface area contributed by atoms with Crippen LogP contribution in [-0.2, 0) is 0 Å². The van der Waals surface area contributed by atoms with Gasteiger partial charge < -0.3 is 14.8 Å². The Morgan fingerprint density at radius 1 is 1.22 bits per heavy atom. The van der Waals surface area contributed by atoms with Crippen LogP contribution in [0.4, 0.5) is 5.69 Å². The first-order chi connectivity index (χ1) is 11.0. The van der Waals surface area contributed by atoms with Crippen molar-refractivity contribution in [3.05, 3.63) is 69.0 Å². The number of halogens is 1. The van der Waals surface area contributed by atoms with E-state index in [2.05, 4.69) is 5.32 Å². The first-order valence-corrected chi connectivity index (χ1v) is 7.17. The number of amides is 1. The highest BCUT2D eigenvalue weighted by Crippen LogP contribution is 2.23. The molecule has 3 aromatic rings. The Bertz CT molecular complexity index is 978. The van der Waals surface area contributed by atoms with Crippen molar-refractivity contribution in [2.24, 2.45) is 0 Å². The van der Waals surface area contributed by atoms with Gasteiger partial charge in [-0.15, -0.1) is 0 Å². The molecule has 3 rings (SSSR count). The van der Waals surface area contributed by atoms with Gasteiger partial charge >= 0.3 is 0 Å². The van der Waals surface area contributed by atoms with Gasteiger partial charge in [-0.2, -0.15) is 0 Å². The lowest BCUT2D eigenvalue weighted by Crippen LogP contribution is -2.15. The molecule has 0 atom stereocenters. The zero-order valence-electron chi connectivity index (χ0n) is 12.1. The highest BCUT2D eigenvalue weighted by Gasteiger charge is 2.15. The van der Waals surface area contributed by atoms with E-state index < -0.39 is 5.91 Å². The topological polar surface area (TPSA) is 79.5 Å². The van der Waals surface area contributed by atoms with Gasteiger partial charge in [-0.25, -0.2) is 0 Å². The fourth-order valence-electron chi connectivity index (χ4n) is 2.23. The second-order valence-corrected chi connectivity index (χ2v) is 5.45. The van der Waals surface area contributed by atoms with Crippen LogP contribution in [0.1, 0.15) is 16.1 Å². The van der Waals surface area contributed by atoms with E-state index in [0.717, 1.165) is 6.07 Å². The summed E-state index contributed by atoms with van der Waals surface area (Å²) in [6, 6.07) is 10.5. The molecule has 1 aromatic heterocycles. The van der Waals surface area contributed by atoms with Crippen LogP contribution in [-0.4, -0.2) is 11.0 Å². The molecular formula is C17H12ClNO4. The van der Waals surface area contributed by atoms with Gasteiger partial charge in [0.25, 0.3) is 5.91 Å². The molecule has 0 saturated heterocycles. The maximum Gasteiger partial charge on any atom is 0.291 e. The van der Waals surface area contributed by atoms with Crippen molar-refractivity contribution in [1.29, 1.82) is 0 Å². The Hall–Kier alpha value is -2.79. The van der Waals surface area contributed by atoms with Gasteiger partial charge in [0, 0.05) is 11.8 Å². The van der Waals surface area contributed by atoms with Gasteiger partial charge in [-0.05, 0) is 42.8 Å². The van der Waals surface area contributed by atoms with Crippen LogP contribution < -0.4 is 10.7 Å². The van der Waals surface area contributed by atoms with Crippen molar-refractivity contribution in [2.75, 3.05) is 5.32 Å². The molecule has 1 amide bonds. The molecule has 1 heterocycles. The van der Waals surface area contributed by atoms with Crippen LogP contribution in [0.25, 0.3) is 11.0 Å². The summed E-state index contributed by atoms with van der Waals surface area (Å²) in [5.41, 5.74) is 1.02. The molecule has 0 unspecified atom stereocenters. The summed E-state index contributed by atoms with van der Waals surface area (Å²) in [5.74, 6) is -0.606. The quantitative estimate of drug-likeness (QED) is 0.702. The highest BCUT2D eigenvalue weighted by molar-refractivity contribution is 6.34. The molecular weight excluding hydrogens is 318 g/mol. The predicted molar refractivity (Wildman–Crippen MR) is 88.3 cm³/mol. The molecule has 0 fully saturated rings. The maximum atomic E-state index is 12.3. The second-order valence-electron chi connectivity index (χ2n) is 5.04. The summed E-state index contributed by atoms with van der Waals surface area (Å²) >= 11 is 6.02. The molecule has 0 aliphatic rings. The average Bonchev–Trinajstić information content (AvgIpc) is 2.51. The third-order valence-electron chi connectivity index (χ3n) is 3.39. The molecule has 2 aromatic carbocycles. The standard InChI is InChI=1S/C17H12ClNO4/c1-9-7-10(20)5-6-13(9)19-17(22)15-8-14(21)11-3-2-4-12(18)16(11)23-15/h2-8,20H,1H3,(H,19,22). The fraction of sp³-hybridized carbons (Fsp3) is 0.0588. The number of hydrogen-bond donors (Lipinski definition) is 2. The molecule has 0 bridgehead atoms. The van der Waals surface area contributed by atoms with Crippen molar-refractivity contribution in [3.63, 3.8) is 0 Å². The van der Waals surface area contributed by atoms with Crippen LogP contribution in [0, 0.1) is 6.92 Å². The summed E-state index contributed by atoms with van der Waals surface area (Å²) in [4.78, 5) is 24.4. The number of nitrogens with one attached hydrogen (secondary N) is 1. The van der Waals surface area contributed by atoms with E-state index >= 15 is 0 Å². The SMILES string of the molecule is Cc1cc(O)ccc1NC(=O)c1cc(=O)c2cccc(Cl)c2o1. The van der Waals surface area contributed by atoms with E-state index in [-0.39, 0.29) is 27.5 Å². The van der Waals surface area contributed by atoms with Crippen molar-refractivity contribution >= 4 is 34.2 Å². The van der Waals surface area contributed by atoms with Gasteiger partial charge in [0.1, 0.15) is 5.75 Å². The number of benzene rings is 2. The first-order valence-electron chi connectivity index (χ1n) is 6.79. The Labute approximate surface area is 136 Å². The predicted octanol–water partition coefficient (Wildman–Crippen LogP) is 3.71. The smallest absolute Gasteiger partial charge is 0.291 e. The molecule has 2 N–H and O–H groups in total. The zero-order chi connectivity index (χ0) is 16.6. The lowest BCUT2D eigenvalue weighted by atomic mass is 10.2. The molecule has 116 valence electrons. The average molecular weight is 330 g/mol. The number of carbonyl (C=O) groups is 1. The van der Waals surface area contributed by atoms with Gasteiger partial charge in [0.2, 0.25) is 0 Å². The summed E-state index contributed by atoms with van der Waals surface area (Å²) in [7, 11) is 0. The number of para-hydroxylation sites is 1. The summed E-state index contributed by atoms with van der Waals surface area (Å²) in [6.07, 6.45) is 0. The van der Waals surface area contributed by atoms with E-state index in [4.69, 9.17) is 16.0 Å². The fourth-order valence-corrected chi connectivity index (χ4v) is 2.44. The molecule has 5 nitrogen and oxygen atoms in total. The van der Waals surface area contributed by atoms with Gasteiger partial charge in [-0.3, -0.25) is 9.59 Å². The van der Waals surface area contributed by atoms with Crippen LogP contribution in [0.3, 0.4) is 0 Å². The van der Waals surface area contributed by atoms with E-state index in [9.17, 15) is 14.7 Å². The van der Waals surface area contributed by atoms with Crippen molar-refractivity contribution in [3.8, 4) is 5.75 Å². The van der Waals surface area contributed by atoms with Gasteiger partial charge in [-0.1, -0.05) is 17.7 Å². The van der Waals surface area contributed by atoms with Crippen molar-refractivity contribution < 1.29 is 14.3 Å². The van der Waals surface area contributed by atoms with Crippen LogP contribution in [0.2, 0.25) is 5.02 Å². The number of aromatic hydroxyl groups is 1. The molecule has 23 heavy (non-hydrogen) atoms. The largest absolute Gasteiger partial charge is 0.508 e. The zero-order valence-corrected chi connectivity index (χ0v) is 12.8. The molecule has 0 aliphatic carbocycles. The minimum atomic E-state index is -0.572. The maximum absolute atomic E-state index is 12.3. The molecule has 6 heteroatoms. The summed E-state index contributed by atoms with van der Waals surface area (Å²) in [6.45, 7) is 1.74. The number of hydrogen-bond acceptors (Lipinski definition) is 4. The Balaban J connectivity index is 2.01.